The molecule has 1 heterocycles. The number of nitrogens with zero attached hydrogens (tertiary/aromatic N) is 1. The molecule has 19 heavy (non-hydrogen) atoms. The first-order valence-corrected chi connectivity index (χ1v) is 7.68. The summed E-state index contributed by atoms with van der Waals surface area (Å²) in [4.78, 5) is 5.76. The van der Waals surface area contributed by atoms with Crippen LogP contribution in [0.15, 0.2) is 29.8 Å². The van der Waals surface area contributed by atoms with Crippen LogP contribution in [0.5, 0.6) is 0 Å². The van der Waals surface area contributed by atoms with Crippen LogP contribution in [0, 0.1) is 13.8 Å². The lowest BCUT2D eigenvalue weighted by molar-refractivity contribution is 0.585. The van der Waals surface area contributed by atoms with Crippen LogP contribution in [0.2, 0.25) is 0 Å². The molecular weight excluding hydrogens is 252 g/mol. The lowest BCUT2D eigenvalue weighted by Gasteiger charge is -2.17. The van der Waals surface area contributed by atoms with Crippen LogP contribution in [0.4, 0.5) is 0 Å². The molecular formula is C16H22N2S. The van der Waals surface area contributed by atoms with E-state index in [2.05, 4.69) is 48.4 Å². The van der Waals surface area contributed by atoms with Crippen LogP contribution in [-0.2, 0) is 6.42 Å². The predicted molar refractivity (Wildman–Crippen MR) is 83.0 cm³/mol. The van der Waals surface area contributed by atoms with Crippen LogP contribution in [0.1, 0.15) is 34.0 Å². The van der Waals surface area contributed by atoms with Crippen LogP contribution in [0.25, 0.3) is 0 Å². The monoisotopic (exact) mass is 274 g/mol. The minimum Gasteiger partial charge on any atom is -0.319 e. The Kier molecular flexibility index (Phi) is 5.11. The van der Waals surface area contributed by atoms with E-state index in [1.807, 2.05) is 12.6 Å². The molecule has 1 N–H and O–H groups in total. The molecule has 0 bridgehead atoms. The van der Waals surface area contributed by atoms with Gasteiger partial charge in [0.15, 0.2) is 0 Å². The Balaban J connectivity index is 2.06. The Bertz CT molecular complexity index is 519. The molecule has 102 valence electrons. The van der Waals surface area contributed by atoms with Crippen LogP contribution in [-0.4, -0.2) is 18.6 Å². The molecule has 0 aliphatic heterocycles. The molecule has 1 unspecified atom stereocenters. The van der Waals surface area contributed by atoms with Gasteiger partial charge in [-0.2, -0.15) is 0 Å². The zero-order valence-electron chi connectivity index (χ0n) is 11.9. The average Bonchev–Trinajstić information content (AvgIpc) is 2.80. The van der Waals surface area contributed by atoms with Crippen LogP contribution in [0.3, 0.4) is 0 Å². The van der Waals surface area contributed by atoms with E-state index >= 15 is 0 Å². The summed E-state index contributed by atoms with van der Waals surface area (Å²) >= 11 is 1.78. The Morgan fingerprint density at radius 1 is 1.32 bits per heavy atom. The van der Waals surface area contributed by atoms with Crippen molar-refractivity contribution in [2.45, 2.75) is 32.6 Å². The SMILES string of the molecule is CNCC(CCc1scnc1C)c1cccc(C)c1. The van der Waals surface area contributed by atoms with Crippen molar-refractivity contribution in [3.8, 4) is 0 Å². The van der Waals surface area contributed by atoms with E-state index in [9.17, 15) is 0 Å². The molecule has 1 aromatic heterocycles. The molecule has 0 radical (unpaired) electrons. The van der Waals surface area contributed by atoms with Crippen LogP contribution >= 0.6 is 11.3 Å². The molecule has 0 aliphatic rings. The minimum atomic E-state index is 0.575. The molecule has 0 spiro atoms. The molecule has 3 heteroatoms. The van der Waals surface area contributed by atoms with Crippen molar-refractivity contribution in [3.63, 3.8) is 0 Å². The molecule has 0 saturated heterocycles. The smallest absolute Gasteiger partial charge is 0.0797 e. The molecule has 2 nitrogen and oxygen atoms in total. The third kappa shape index (κ3) is 3.88. The van der Waals surface area contributed by atoms with Crippen molar-refractivity contribution >= 4 is 11.3 Å². The molecule has 1 aromatic carbocycles. The predicted octanol–water partition coefficient (Wildman–Crippen LogP) is 3.70. The molecule has 0 fully saturated rings. The molecule has 0 saturated carbocycles. The lowest BCUT2D eigenvalue weighted by atomic mass is 9.92. The van der Waals surface area contributed by atoms with Gasteiger partial charge in [-0.05, 0) is 45.2 Å². The first kappa shape index (κ1) is 14.2. The van der Waals surface area contributed by atoms with Gasteiger partial charge in [0.1, 0.15) is 0 Å². The van der Waals surface area contributed by atoms with Gasteiger partial charge in [-0.15, -0.1) is 11.3 Å². The van der Waals surface area contributed by atoms with Crippen molar-refractivity contribution in [3.05, 3.63) is 51.5 Å². The Morgan fingerprint density at radius 2 is 2.16 bits per heavy atom. The van der Waals surface area contributed by atoms with Gasteiger partial charge < -0.3 is 5.32 Å². The normalized spacial score (nSPS) is 12.6. The number of hydrogen-bond donors (Lipinski definition) is 1. The Morgan fingerprint density at radius 3 is 2.79 bits per heavy atom. The van der Waals surface area contributed by atoms with Gasteiger partial charge in [0, 0.05) is 11.4 Å². The maximum Gasteiger partial charge on any atom is 0.0797 e. The van der Waals surface area contributed by atoms with Crippen molar-refractivity contribution in [1.29, 1.82) is 0 Å². The largest absolute Gasteiger partial charge is 0.319 e. The summed E-state index contributed by atoms with van der Waals surface area (Å²) in [6.07, 6.45) is 2.30. The Labute approximate surface area is 119 Å². The Hall–Kier alpha value is -1.19. The highest BCUT2D eigenvalue weighted by Crippen LogP contribution is 2.24. The highest BCUT2D eigenvalue weighted by atomic mass is 32.1. The molecule has 0 amide bonds. The van der Waals surface area contributed by atoms with Gasteiger partial charge in [-0.25, -0.2) is 4.98 Å². The van der Waals surface area contributed by atoms with Gasteiger partial charge in [-0.3, -0.25) is 0 Å². The number of benzene rings is 1. The second-order valence-electron chi connectivity index (χ2n) is 5.07. The summed E-state index contributed by atoms with van der Waals surface area (Å²) in [6, 6.07) is 8.87. The zero-order valence-corrected chi connectivity index (χ0v) is 12.8. The number of rotatable bonds is 6. The fraction of sp³-hybridized carbons (Fsp3) is 0.438. The first-order chi connectivity index (χ1) is 9.20. The van der Waals surface area contributed by atoms with E-state index in [0.29, 0.717) is 5.92 Å². The molecule has 1 atom stereocenters. The topological polar surface area (TPSA) is 24.9 Å². The fourth-order valence-corrected chi connectivity index (χ4v) is 3.23. The van der Waals surface area contributed by atoms with Gasteiger partial charge in [-0.1, -0.05) is 29.8 Å². The number of aromatic nitrogens is 1. The van der Waals surface area contributed by atoms with Crippen molar-refractivity contribution in [2.24, 2.45) is 0 Å². The van der Waals surface area contributed by atoms with Crippen molar-refractivity contribution in [1.82, 2.24) is 10.3 Å². The van der Waals surface area contributed by atoms with Gasteiger partial charge in [0.2, 0.25) is 0 Å². The summed E-state index contributed by atoms with van der Waals surface area (Å²) in [6.45, 7) is 5.29. The fourth-order valence-electron chi connectivity index (χ4n) is 2.43. The minimum absolute atomic E-state index is 0.575. The second kappa shape index (κ2) is 6.83. The summed E-state index contributed by atoms with van der Waals surface area (Å²) in [5, 5.41) is 3.32. The van der Waals surface area contributed by atoms with E-state index in [1.165, 1.54) is 28.1 Å². The summed E-state index contributed by atoms with van der Waals surface area (Å²) in [7, 11) is 2.03. The van der Waals surface area contributed by atoms with E-state index in [0.717, 1.165) is 13.0 Å². The number of nitrogens with one attached hydrogen (secondary N) is 1. The zero-order chi connectivity index (χ0) is 13.7. The molecule has 0 aliphatic carbocycles. The van der Waals surface area contributed by atoms with Crippen molar-refractivity contribution in [2.75, 3.05) is 13.6 Å². The lowest BCUT2D eigenvalue weighted by Crippen LogP contribution is -2.18. The summed E-state index contributed by atoms with van der Waals surface area (Å²) in [5.74, 6) is 0.575. The first-order valence-electron chi connectivity index (χ1n) is 6.81. The van der Waals surface area contributed by atoms with E-state index < -0.39 is 0 Å². The summed E-state index contributed by atoms with van der Waals surface area (Å²) in [5.41, 5.74) is 5.92. The standard InChI is InChI=1S/C16H22N2S/c1-12-5-4-6-14(9-12)15(10-17-3)7-8-16-13(2)18-11-19-16/h4-6,9,11,15,17H,7-8,10H2,1-3H3. The third-order valence-electron chi connectivity index (χ3n) is 3.53. The van der Waals surface area contributed by atoms with Gasteiger partial charge in [0.05, 0.1) is 11.2 Å². The van der Waals surface area contributed by atoms with Gasteiger partial charge >= 0.3 is 0 Å². The third-order valence-corrected chi connectivity index (χ3v) is 4.52. The number of hydrogen-bond acceptors (Lipinski definition) is 3. The summed E-state index contributed by atoms with van der Waals surface area (Å²) < 4.78 is 0. The maximum absolute atomic E-state index is 4.33. The maximum atomic E-state index is 4.33. The number of thiazole rings is 1. The van der Waals surface area contributed by atoms with Crippen LogP contribution < -0.4 is 5.32 Å². The van der Waals surface area contributed by atoms with E-state index in [1.54, 1.807) is 11.3 Å². The highest BCUT2D eigenvalue weighted by molar-refractivity contribution is 7.09. The number of likely N-dealkylation sites (N-methyl/N-ethyl adjacent to an activating group) is 1. The van der Waals surface area contributed by atoms with E-state index in [-0.39, 0.29) is 0 Å². The van der Waals surface area contributed by atoms with Gasteiger partial charge in [0.25, 0.3) is 0 Å². The van der Waals surface area contributed by atoms with Crippen molar-refractivity contribution < 1.29 is 0 Å². The van der Waals surface area contributed by atoms with E-state index in [4.69, 9.17) is 0 Å². The second-order valence-corrected chi connectivity index (χ2v) is 6.01. The quantitative estimate of drug-likeness (QED) is 0.869. The number of aryl methyl sites for hydroxylation is 3. The highest BCUT2D eigenvalue weighted by Gasteiger charge is 2.12. The average molecular weight is 274 g/mol. The molecule has 2 rings (SSSR count). The molecule has 2 aromatic rings.